The Morgan fingerprint density at radius 2 is 1.69 bits per heavy atom. The quantitative estimate of drug-likeness (QED) is 0.308. The topological polar surface area (TPSA) is 92.7 Å². The lowest BCUT2D eigenvalue weighted by Crippen LogP contribution is -2.47. The van der Waals surface area contributed by atoms with E-state index in [1.165, 1.54) is 0 Å². The zero-order chi connectivity index (χ0) is 29.2. The molecule has 2 bridgehead atoms. The molecule has 1 saturated heterocycles. The highest BCUT2D eigenvalue weighted by Gasteiger charge is 2.35. The van der Waals surface area contributed by atoms with Crippen molar-refractivity contribution in [3.8, 4) is 5.75 Å². The normalized spacial score (nSPS) is 17.2. The molecule has 8 nitrogen and oxygen atoms in total. The van der Waals surface area contributed by atoms with E-state index in [1.54, 1.807) is 55.6 Å². The van der Waals surface area contributed by atoms with Crippen LogP contribution in [0, 0.1) is 5.92 Å². The molecule has 0 aliphatic carbocycles. The molecule has 4 aromatic rings. The van der Waals surface area contributed by atoms with Crippen LogP contribution in [0.5, 0.6) is 5.75 Å². The molecule has 214 valence electrons. The van der Waals surface area contributed by atoms with E-state index in [9.17, 15) is 14.4 Å². The van der Waals surface area contributed by atoms with Crippen molar-refractivity contribution in [3.05, 3.63) is 123 Å². The fourth-order valence-electron chi connectivity index (χ4n) is 6.01. The molecule has 1 aromatic heterocycles. The van der Waals surface area contributed by atoms with E-state index >= 15 is 0 Å². The van der Waals surface area contributed by atoms with Gasteiger partial charge in [-0.2, -0.15) is 0 Å². The van der Waals surface area contributed by atoms with E-state index in [4.69, 9.17) is 16.3 Å². The van der Waals surface area contributed by atoms with Gasteiger partial charge in [0.2, 0.25) is 0 Å². The molecule has 6 rings (SSSR count). The number of nitrogens with zero attached hydrogens (tertiary/aromatic N) is 2. The lowest BCUT2D eigenvalue weighted by atomic mass is 9.83. The number of methoxy groups -OCH3 is 1. The van der Waals surface area contributed by atoms with Crippen molar-refractivity contribution in [2.45, 2.75) is 25.4 Å². The molecule has 42 heavy (non-hydrogen) atoms. The Kier molecular flexibility index (Phi) is 7.71. The third-order valence-electron chi connectivity index (χ3n) is 8.02. The number of amides is 2. The van der Waals surface area contributed by atoms with Crippen LogP contribution >= 0.6 is 11.6 Å². The predicted octanol–water partition coefficient (Wildman–Crippen LogP) is 5.32. The summed E-state index contributed by atoms with van der Waals surface area (Å²) in [5.74, 6) is 0.596. The summed E-state index contributed by atoms with van der Waals surface area (Å²) in [6.07, 6.45) is 1.01. The standard InChI is InChI=1S/C33H31ClN4O4/c1-42-27-11-8-23(9-12-27)33(41)36-28-16-24(32(40)35-17-21-4-2-5-26(34)15-21)10-13-30(28)37-18-22-14-25(20-37)29-6-3-7-31(39)38(29)19-22/h2-13,15-16,22,25H,14,17-20H2,1H3,(H,35,40)(H,36,41)/t22-,25+/m1/s1. The summed E-state index contributed by atoms with van der Waals surface area (Å²) in [7, 11) is 1.58. The number of nitrogens with one attached hydrogen (secondary N) is 2. The summed E-state index contributed by atoms with van der Waals surface area (Å²) in [5.41, 5.74) is 4.27. The highest BCUT2D eigenvalue weighted by atomic mass is 35.5. The van der Waals surface area contributed by atoms with E-state index < -0.39 is 0 Å². The fourth-order valence-corrected chi connectivity index (χ4v) is 6.23. The van der Waals surface area contributed by atoms with Gasteiger partial charge < -0.3 is 24.8 Å². The van der Waals surface area contributed by atoms with Crippen molar-refractivity contribution >= 4 is 34.8 Å². The molecule has 3 aromatic carbocycles. The maximum Gasteiger partial charge on any atom is 0.255 e. The lowest BCUT2D eigenvalue weighted by Gasteiger charge is -2.44. The van der Waals surface area contributed by atoms with Gasteiger partial charge in [-0.3, -0.25) is 14.4 Å². The van der Waals surface area contributed by atoms with Gasteiger partial charge in [0.25, 0.3) is 17.4 Å². The Bertz CT molecular complexity index is 1700. The zero-order valence-electron chi connectivity index (χ0n) is 23.2. The smallest absolute Gasteiger partial charge is 0.255 e. The summed E-state index contributed by atoms with van der Waals surface area (Å²) in [6, 6.07) is 25.1. The molecule has 9 heteroatoms. The van der Waals surface area contributed by atoms with Crippen LogP contribution in [0.15, 0.2) is 89.7 Å². The number of anilines is 2. The number of hydrogen-bond acceptors (Lipinski definition) is 5. The first-order chi connectivity index (χ1) is 20.4. The lowest BCUT2D eigenvalue weighted by molar-refractivity contribution is 0.0949. The molecule has 1 fully saturated rings. The Balaban J connectivity index is 1.29. The summed E-state index contributed by atoms with van der Waals surface area (Å²) >= 11 is 6.09. The number of pyridine rings is 1. The monoisotopic (exact) mass is 582 g/mol. The second-order valence-corrected chi connectivity index (χ2v) is 11.3. The fraction of sp³-hybridized carbons (Fsp3) is 0.242. The van der Waals surface area contributed by atoms with Gasteiger partial charge in [-0.05, 0) is 78.6 Å². The van der Waals surface area contributed by atoms with Gasteiger partial charge >= 0.3 is 0 Å². The number of aromatic nitrogens is 1. The Hall–Kier alpha value is -4.56. The average molecular weight is 583 g/mol. The van der Waals surface area contributed by atoms with Gasteiger partial charge in [0, 0.05) is 60.0 Å². The van der Waals surface area contributed by atoms with Gasteiger partial charge in [-0.25, -0.2) is 0 Å². The number of ether oxygens (including phenoxy) is 1. The zero-order valence-corrected chi connectivity index (χ0v) is 23.9. The SMILES string of the molecule is COc1ccc(C(=O)Nc2cc(C(=O)NCc3cccc(Cl)c3)ccc2N2C[C@H]3C[C@@H](C2)c2cccc(=O)n2C3)cc1. The first kappa shape index (κ1) is 27.6. The molecular weight excluding hydrogens is 552 g/mol. The molecule has 2 amide bonds. The summed E-state index contributed by atoms with van der Waals surface area (Å²) < 4.78 is 7.13. The number of fused-ring (bicyclic) bond motifs is 4. The minimum absolute atomic E-state index is 0.0382. The van der Waals surface area contributed by atoms with Crippen molar-refractivity contribution in [1.29, 1.82) is 0 Å². The number of hydrogen-bond donors (Lipinski definition) is 2. The highest BCUT2D eigenvalue weighted by molar-refractivity contribution is 6.30. The molecule has 3 heterocycles. The van der Waals surface area contributed by atoms with Crippen LogP contribution in [-0.2, 0) is 13.1 Å². The molecule has 0 unspecified atom stereocenters. The van der Waals surface area contributed by atoms with Crippen molar-refractivity contribution in [2.24, 2.45) is 5.92 Å². The van der Waals surface area contributed by atoms with E-state index in [1.807, 2.05) is 41.0 Å². The minimum Gasteiger partial charge on any atom is -0.497 e. The Labute approximate surface area is 248 Å². The van der Waals surface area contributed by atoms with E-state index in [2.05, 4.69) is 15.5 Å². The molecule has 2 aliphatic rings. The van der Waals surface area contributed by atoms with Crippen molar-refractivity contribution < 1.29 is 14.3 Å². The van der Waals surface area contributed by atoms with Crippen LogP contribution in [0.2, 0.25) is 5.02 Å². The number of halogens is 1. The third kappa shape index (κ3) is 5.76. The van der Waals surface area contributed by atoms with Crippen LogP contribution in [-0.4, -0.2) is 36.6 Å². The maximum atomic E-state index is 13.3. The predicted molar refractivity (Wildman–Crippen MR) is 164 cm³/mol. The van der Waals surface area contributed by atoms with E-state index in [-0.39, 0.29) is 23.3 Å². The van der Waals surface area contributed by atoms with Crippen molar-refractivity contribution in [3.63, 3.8) is 0 Å². The summed E-state index contributed by atoms with van der Waals surface area (Å²) in [5, 5.41) is 6.61. The van der Waals surface area contributed by atoms with Gasteiger partial charge in [-0.15, -0.1) is 0 Å². The largest absolute Gasteiger partial charge is 0.497 e. The number of rotatable bonds is 7. The third-order valence-corrected chi connectivity index (χ3v) is 8.26. The molecule has 0 radical (unpaired) electrons. The summed E-state index contributed by atoms with van der Waals surface area (Å²) in [6.45, 7) is 2.43. The molecule has 2 atom stereocenters. The highest BCUT2D eigenvalue weighted by Crippen LogP contribution is 2.39. The second-order valence-electron chi connectivity index (χ2n) is 10.8. The van der Waals surface area contributed by atoms with Crippen LogP contribution in [0.4, 0.5) is 11.4 Å². The molecule has 0 saturated carbocycles. The van der Waals surface area contributed by atoms with Gasteiger partial charge in [0.05, 0.1) is 18.5 Å². The van der Waals surface area contributed by atoms with Gasteiger partial charge in [0.15, 0.2) is 0 Å². The summed E-state index contributed by atoms with van der Waals surface area (Å²) in [4.78, 5) is 41.3. The Morgan fingerprint density at radius 1 is 0.905 bits per heavy atom. The average Bonchev–Trinajstić information content (AvgIpc) is 3.00. The van der Waals surface area contributed by atoms with Crippen molar-refractivity contribution in [2.75, 3.05) is 30.4 Å². The molecular formula is C33H31ClN4O4. The van der Waals surface area contributed by atoms with Crippen LogP contribution < -0.4 is 25.8 Å². The van der Waals surface area contributed by atoms with Gasteiger partial charge in [-0.1, -0.05) is 29.8 Å². The molecule has 2 N–H and O–H groups in total. The number of piperidine rings is 1. The number of carbonyl (C=O) groups is 2. The first-order valence-electron chi connectivity index (χ1n) is 13.9. The van der Waals surface area contributed by atoms with E-state index in [0.29, 0.717) is 53.1 Å². The van der Waals surface area contributed by atoms with Crippen molar-refractivity contribution in [1.82, 2.24) is 9.88 Å². The number of benzene rings is 3. The van der Waals surface area contributed by atoms with Gasteiger partial charge in [0.1, 0.15) is 5.75 Å². The molecule has 2 aliphatic heterocycles. The molecule has 0 spiro atoms. The van der Waals surface area contributed by atoms with Crippen LogP contribution in [0.3, 0.4) is 0 Å². The minimum atomic E-state index is -0.288. The second kappa shape index (κ2) is 11.7. The Morgan fingerprint density at radius 3 is 2.48 bits per heavy atom. The van der Waals surface area contributed by atoms with Crippen LogP contribution in [0.1, 0.15) is 44.3 Å². The van der Waals surface area contributed by atoms with E-state index in [0.717, 1.165) is 29.9 Å². The number of carbonyl (C=O) groups excluding carboxylic acids is 2. The van der Waals surface area contributed by atoms with Crippen LogP contribution in [0.25, 0.3) is 0 Å². The maximum absolute atomic E-state index is 13.3. The first-order valence-corrected chi connectivity index (χ1v) is 14.3.